The van der Waals surface area contributed by atoms with Gasteiger partial charge in [-0.2, -0.15) is 5.10 Å². The molecule has 0 aliphatic carbocycles. The van der Waals surface area contributed by atoms with Crippen molar-refractivity contribution >= 4 is 11.0 Å². The van der Waals surface area contributed by atoms with Crippen molar-refractivity contribution in [1.82, 2.24) is 15.1 Å². The zero-order valence-electron chi connectivity index (χ0n) is 12.1. The summed E-state index contributed by atoms with van der Waals surface area (Å²) < 4.78 is 7.89. The first kappa shape index (κ1) is 12.9. The third-order valence-corrected chi connectivity index (χ3v) is 3.72. The van der Waals surface area contributed by atoms with E-state index in [0.29, 0.717) is 0 Å². The number of aryl methyl sites for hydroxylation is 1. The lowest BCUT2D eigenvalue weighted by molar-refractivity contribution is 0.475. The van der Waals surface area contributed by atoms with E-state index in [9.17, 15) is 0 Å². The van der Waals surface area contributed by atoms with E-state index in [2.05, 4.69) is 36.4 Å². The van der Waals surface area contributed by atoms with E-state index in [1.54, 1.807) is 0 Å². The summed E-state index contributed by atoms with van der Waals surface area (Å²) in [5.41, 5.74) is 3.23. The molecule has 0 saturated carbocycles. The molecule has 1 N–H and O–H groups in total. The van der Waals surface area contributed by atoms with Crippen molar-refractivity contribution in [1.29, 1.82) is 0 Å². The molecular formula is C16H19N3O. The minimum atomic E-state index is 0.0427. The summed E-state index contributed by atoms with van der Waals surface area (Å²) in [7, 11) is 1.96. The third-order valence-electron chi connectivity index (χ3n) is 3.72. The van der Waals surface area contributed by atoms with Gasteiger partial charge in [0.1, 0.15) is 11.3 Å². The third kappa shape index (κ3) is 2.12. The van der Waals surface area contributed by atoms with Crippen LogP contribution >= 0.6 is 0 Å². The number of hydrogen-bond donors (Lipinski definition) is 1. The lowest BCUT2D eigenvalue weighted by Gasteiger charge is -2.15. The first-order valence-corrected chi connectivity index (χ1v) is 6.91. The zero-order chi connectivity index (χ0) is 14.1. The topological polar surface area (TPSA) is 43.0 Å². The van der Waals surface area contributed by atoms with Crippen LogP contribution in [0, 0.1) is 6.92 Å². The summed E-state index contributed by atoms with van der Waals surface area (Å²) in [4.78, 5) is 0. The Bertz CT molecular complexity index is 693. The molecule has 0 aliphatic heterocycles. The normalized spacial score (nSPS) is 12.9. The molecule has 104 valence electrons. The Labute approximate surface area is 118 Å². The molecule has 0 bridgehead atoms. The molecule has 0 saturated heterocycles. The Hall–Kier alpha value is -2.07. The van der Waals surface area contributed by atoms with Gasteiger partial charge >= 0.3 is 0 Å². The lowest BCUT2D eigenvalue weighted by atomic mass is 10.1. The van der Waals surface area contributed by atoms with Gasteiger partial charge in [-0.1, -0.05) is 25.1 Å². The second kappa shape index (κ2) is 5.13. The van der Waals surface area contributed by atoms with Crippen molar-refractivity contribution in [3.63, 3.8) is 0 Å². The number of aromatic nitrogens is 2. The maximum absolute atomic E-state index is 6.00. The van der Waals surface area contributed by atoms with Gasteiger partial charge in [-0.15, -0.1) is 0 Å². The maximum Gasteiger partial charge on any atom is 0.134 e. The predicted molar refractivity (Wildman–Crippen MR) is 79.7 cm³/mol. The van der Waals surface area contributed by atoms with Gasteiger partial charge < -0.3 is 9.73 Å². The fourth-order valence-corrected chi connectivity index (χ4v) is 2.51. The molecule has 20 heavy (non-hydrogen) atoms. The number of nitrogens with one attached hydrogen (secondary N) is 1. The van der Waals surface area contributed by atoms with Gasteiger partial charge in [-0.25, -0.2) is 0 Å². The van der Waals surface area contributed by atoms with E-state index < -0.39 is 0 Å². The molecule has 0 radical (unpaired) electrons. The lowest BCUT2D eigenvalue weighted by Crippen LogP contribution is -2.22. The smallest absolute Gasteiger partial charge is 0.134 e. The van der Waals surface area contributed by atoms with E-state index in [4.69, 9.17) is 4.42 Å². The van der Waals surface area contributed by atoms with Gasteiger partial charge in [0.25, 0.3) is 0 Å². The van der Waals surface area contributed by atoms with Gasteiger partial charge in [-0.3, -0.25) is 4.68 Å². The minimum absolute atomic E-state index is 0.0427. The fraction of sp³-hybridized carbons (Fsp3) is 0.312. The Morgan fingerprint density at radius 1 is 1.35 bits per heavy atom. The van der Waals surface area contributed by atoms with Crippen LogP contribution in [0.2, 0.25) is 0 Å². The quantitative estimate of drug-likeness (QED) is 0.791. The van der Waals surface area contributed by atoms with Gasteiger partial charge in [0.15, 0.2) is 0 Å². The standard InChI is InChI=1S/C16H19N3O/c1-4-17-16(13-10-18-19(3)11(13)2)15-9-12-7-5-6-8-14(12)20-15/h5-10,16-17H,4H2,1-3H3. The van der Waals surface area contributed by atoms with Crippen LogP contribution in [0.25, 0.3) is 11.0 Å². The highest BCUT2D eigenvalue weighted by Gasteiger charge is 2.21. The van der Waals surface area contributed by atoms with Crippen LogP contribution in [0.15, 0.2) is 40.9 Å². The van der Waals surface area contributed by atoms with Crippen LogP contribution in [-0.4, -0.2) is 16.3 Å². The van der Waals surface area contributed by atoms with Gasteiger partial charge in [0, 0.05) is 23.7 Å². The molecule has 1 unspecified atom stereocenters. The molecule has 0 amide bonds. The fourth-order valence-electron chi connectivity index (χ4n) is 2.51. The Morgan fingerprint density at radius 2 is 2.15 bits per heavy atom. The van der Waals surface area contributed by atoms with Crippen LogP contribution in [0.4, 0.5) is 0 Å². The molecule has 4 nitrogen and oxygen atoms in total. The molecule has 4 heteroatoms. The summed E-state index contributed by atoms with van der Waals surface area (Å²) in [6.07, 6.45) is 1.91. The maximum atomic E-state index is 6.00. The Balaban J connectivity index is 2.08. The highest BCUT2D eigenvalue weighted by molar-refractivity contribution is 5.78. The predicted octanol–water partition coefficient (Wildman–Crippen LogP) is 3.17. The average molecular weight is 269 g/mol. The second-order valence-corrected chi connectivity index (χ2v) is 4.99. The SMILES string of the molecule is CCNC(c1cc2ccccc2o1)c1cnn(C)c1C. The first-order chi connectivity index (χ1) is 9.70. The van der Waals surface area contributed by atoms with E-state index in [0.717, 1.165) is 34.5 Å². The number of para-hydroxylation sites is 1. The number of benzene rings is 1. The van der Waals surface area contributed by atoms with E-state index >= 15 is 0 Å². The molecule has 3 aromatic rings. The molecule has 1 atom stereocenters. The van der Waals surface area contributed by atoms with Crippen molar-refractivity contribution in [2.24, 2.45) is 7.05 Å². The van der Waals surface area contributed by atoms with E-state index in [1.807, 2.05) is 36.1 Å². The van der Waals surface area contributed by atoms with Crippen LogP contribution in [0.1, 0.15) is 30.0 Å². The number of rotatable bonds is 4. The average Bonchev–Trinajstić information content (AvgIpc) is 3.01. The summed E-state index contributed by atoms with van der Waals surface area (Å²) >= 11 is 0. The van der Waals surface area contributed by atoms with Gasteiger partial charge in [0.05, 0.1) is 12.2 Å². The monoisotopic (exact) mass is 269 g/mol. The van der Waals surface area contributed by atoms with Crippen molar-refractivity contribution < 1.29 is 4.42 Å². The molecule has 0 spiro atoms. The summed E-state index contributed by atoms with van der Waals surface area (Å²) in [5, 5.41) is 8.95. The number of furan rings is 1. The van der Waals surface area contributed by atoms with Crippen molar-refractivity contribution in [3.05, 3.63) is 53.5 Å². The highest BCUT2D eigenvalue weighted by Crippen LogP contribution is 2.29. The molecule has 1 aromatic carbocycles. The Morgan fingerprint density at radius 3 is 2.80 bits per heavy atom. The number of hydrogen-bond acceptors (Lipinski definition) is 3. The molecule has 2 aromatic heterocycles. The first-order valence-electron chi connectivity index (χ1n) is 6.91. The summed E-state index contributed by atoms with van der Waals surface area (Å²) in [6, 6.07) is 10.2. The highest BCUT2D eigenvalue weighted by atomic mass is 16.3. The zero-order valence-corrected chi connectivity index (χ0v) is 12.1. The van der Waals surface area contributed by atoms with Crippen LogP contribution in [0.5, 0.6) is 0 Å². The summed E-state index contributed by atoms with van der Waals surface area (Å²) in [5.74, 6) is 0.934. The molecule has 0 aliphatic rings. The largest absolute Gasteiger partial charge is 0.459 e. The molecule has 2 heterocycles. The van der Waals surface area contributed by atoms with E-state index in [-0.39, 0.29) is 6.04 Å². The molecule has 0 fully saturated rings. The second-order valence-electron chi connectivity index (χ2n) is 4.99. The number of fused-ring (bicyclic) bond motifs is 1. The Kier molecular flexibility index (Phi) is 3.32. The van der Waals surface area contributed by atoms with Gasteiger partial charge in [-0.05, 0) is 25.6 Å². The molecule has 3 rings (SSSR count). The number of nitrogens with zero attached hydrogens (tertiary/aromatic N) is 2. The van der Waals surface area contributed by atoms with Crippen molar-refractivity contribution in [3.8, 4) is 0 Å². The summed E-state index contributed by atoms with van der Waals surface area (Å²) in [6.45, 7) is 5.05. The van der Waals surface area contributed by atoms with Crippen LogP contribution < -0.4 is 5.32 Å². The minimum Gasteiger partial charge on any atom is -0.459 e. The van der Waals surface area contributed by atoms with Crippen molar-refractivity contribution in [2.45, 2.75) is 19.9 Å². The molecular weight excluding hydrogens is 250 g/mol. The van der Waals surface area contributed by atoms with Crippen LogP contribution in [0.3, 0.4) is 0 Å². The van der Waals surface area contributed by atoms with Crippen LogP contribution in [-0.2, 0) is 7.05 Å². The van der Waals surface area contributed by atoms with Crippen molar-refractivity contribution in [2.75, 3.05) is 6.54 Å². The van der Waals surface area contributed by atoms with E-state index in [1.165, 1.54) is 0 Å². The van der Waals surface area contributed by atoms with Gasteiger partial charge in [0.2, 0.25) is 0 Å².